The lowest BCUT2D eigenvalue weighted by Crippen LogP contribution is -2.63. The molecule has 0 bridgehead atoms. The molecule has 1 aliphatic carbocycles. The van der Waals surface area contributed by atoms with Gasteiger partial charge in [-0.1, -0.05) is 61.0 Å². The Kier molecular flexibility index (Phi) is 6.02. The van der Waals surface area contributed by atoms with Crippen LogP contribution in [-0.2, 0) is 18.5 Å². The minimum absolute atomic E-state index is 0.0686. The molecule has 0 saturated carbocycles. The van der Waals surface area contributed by atoms with Gasteiger partial charge < -0.3 is 10.0 Å². The monoisotopic (exact) mass is 541 g/mol. The minimum atomic E-state index is -1.06. The molecule has 1 aromatic heterocycles. The van der Waals surface area contributed by atoms with Gasteiger partial charge in [-0.2, -0.15) is 0 Å². The lowest BCUT2D eigenvalue weighted by atomic mass is 9.75. The summed E-state index contributed by atoms with van der Waals surface area (Å²) in [4.78, 5) is 28.0. The van der Waals surface area contributed by atoms with Gasteiger partial charge in [0.05, 0.1) is 0 Å². The third-order valence-electron chi connectivity index (χ3n) is 8.32. The number of halogens is 2. The fraction of sp³-hybridized carbons (Fsp3) is 0.250. The first-order valence-corrected chi connectivity index (χ1v) is 13.2. The molecule has 0 saturated heterocycles. The molecule has 0 fully saturated rings. The molecule has 6 rings (SSSR count). The van der Waals surface area contributed by atoms with Crippen molar-refractivity contribution in [1.82, 2.24) is 9.58 Å². The molecular formula is C32H29F2N3O3. The second-order valence-corrected chi connectivity index (χ2v) is 10.9. The zero-order chi connectivity index (χ0) is 28.3. The summed E-state index contributed by atoms with van der Waals surface area (Å²) >= 11 is 0. The maximum absolute atomic E-state index is 15.0. The van der Waals surface area contributed by atoms with Gasteiger partial charge in [-0.05, 0) is 66.1 Å². The van der Waals surface area contributed by atoms with Crippen molar-refractivity contribution in [1.29, 1.82) is 0 Å². The first-order valence-electron chi connectivity index (χ1n) is 13.2. The van der Waals surface area contributed by atoms with Gasteiger partial charge in [0.1, 0.15) is 12.2 Å². The van der Waals surface area contributed by atoms with Gasteiger partial charge in [0.25, 0.3) is 5.91 Å². The van der Waals surface area contributed by atoms with Crippen LogP contribution in [0.5, 0.6) is 5.75 Å². The van der Waals surface area contributed by atoms with Crippen molar-refractivity contribution in [2.45, 2.75) is 39.3 Å². The molecule has 4 aromatic rings. The Balaban J connectivity index is 1.65. The van der Waals surface area contributed by atoms with Gasteiger partial charge in [0.2, 0.25) is 5.43 Å². The zero-order valence-corrected chi connectivity index (χ0v) is 22.5. The van der Waals surface area contributed by atoms with Crippen LogP contribution in [0.2, 0.25) is 0 Å². The smallest absolute Gasteiger partial charge is 0.278 e. The molecule has 2 unspecified atom stereocenters. The van der Waals surface area contributed by atoms with E-state index in [2.05, 4.69) is 0 Å². The number of hydrogen-bond donors (Lipinski definition) is 1. The van der Waals surface area contributed by atoms with Crippen molar-refractivity contribution < 1.29 is 18.7 Å². The Morgan fingerprint density at radius 1 is 0.950 bits per heavy atom. The van der Waals surface area contributed by atoms with Gasteiger partial charge in [-0.15, -0.1) is 0 Å². The fourth-order valence-electron chi connectivity index (χ4n) is 6.59. The van der Waals surface area contributed by atoms with Crippen LogP contribution >= 0.6 is 0 Å². The third-order valence-corrected chi connectivity index (χ3v) is 8.32. The van der Waals surface area contributed by atoms with E-state index in [1.165, 1.54) is 29.1 Å². The number of carbonyl (C=O) groups excluding carboxylic acids is 1. The SMILES string of the molecule is Cc1cccc(CN2CN(C3(c4ccccc4C)c4cc(F)c(F)cc4CC3C)n3ccc(=O)c(O)c3C2=O)c1. The molecular weight excluding hydrogens is 512 g/mol. The summed E-state index contributed by atoms with van der Waals surface area (Å²) in [6.45, 7) is 6.24. The number of fused-ring (bicyclic) bond motifs is 2. The van der Waals surface area contributed by atoms with Crippen LogP contribution < -0.4 is 10.4 Å². The maximum Gasteiger partial charge on any atom is 0.278 e. The fourth-order valence-corrected chi connectivity index (χ4v) is 6.59. The highest BCUT2D eigenvalue weighted by molar-refractivity contribution is 5.96. The average molecular weight is 542 g/mol. The highest BCUT2D eigenvalue weighted by Crippen LogP contribution is 2.52. The largest absolute Gasteiger partial charge is 0.502 e. The Labute approximate surface area is 230 Å². The summed E-state index contributed by atoms with van der Waals surface area (Å²) in [7, 11) is 0. The zero-order valence-electron chi connectivity index (χ0n) is 22.5. The van der Waals surface area contributed by atoms with E-state index in [0.717, 1.165) is 22.3 Å². The van der Waals surface area contributed by atoms with Gasteiger partial charge in [0, 0.05) is 18.8 Å². The molecule has 2 heterocycles. The highest BCUT2D eigenvalue weighted by Gasteiger charge is 2.54. The van der Waals surface area contributed by atoms with E-state index in [1.807, 2.05) is 74.3 Å². The number of benzene rings is 3. The number of aromatic nitrogens is 1. The molecule has 0 spiro atoms. The van der Waals surface area contributed by atoms with Crippen molar-refractivity contribution in [2.75, 3.05) is 11.7 Å². The Hall–Kier alpha value is -4.46. The van der Waals surface area contributed by atoms with Crippen molar-refractivity contribution in [3.8, 4) is 5.75 Å². The van der Waals surface area contributed by atoms with Gasteiger partial charge in [-0.3, -0.25) is 19.3 Å². The topological polar surface area (TPSA) is 65.8 Å². The number of amides is 1. The molecule has 204 valence electrons. The third kappa shape index (κ3) is 3.73. The number of aryl methyl sites for hydroxylation is 2. The van der Waals surface area contributed by atoms with Crippen molar-refractivity contribution >= 4 is 5.91 Å². The summed E-state index contributed by atoms with van der Waals surface area (Å²) in [6, 6.07) is 19.2. The number of carbonyl (C=O) groups is 1. The number of nitrogens with zero attached hydrogens (tertiary/aromatic N) is 3. The van der Waals surface area contributed by atoms with E-state index in [9.17, 15) is 23.5 Å². The van der Waals surface area contributed by atoms with Crippen LogP contribution in [0.1, 0.15) is 50.8 Å². The summed E-state index contributed by atoms with van der Waals surface area (Å²) in [5.41, 5.74) is 3.07. The van der Waals surface area contributed by atoms with E-state index in [4.69, 9.17) is 0 Å². The quantitative estimate of drug-likeness (QED) is 0.389. The van der Waals surface area contributed by atoms with Crippen molar-refractivity contribution in [3.05, 3.63) is 134 Å². The van der Waals surface area contributed by atoms with Gasteiger partial charge in [0.15, 0.2) is 23.1 Å². The molecule has 1 N–H and O–H groups in total. The Morgan fingerprint density at radius 3 is 2.45 bits per heavy atom. The van der Waals surface area contributed by atoms with Crippen LogP contribution in [0.25, 0.3) is 0 Å². The summed E-state index contributed by atoms with van der Waals surface area (Å²) in [5, 5.41) is 12.8. The number of pyridine rings is 1. The van der Waals surface area contributed by atoms with E-state index in [1.54, 1.807) is 4.90 Å². The summed E-state index contributed by atoms with van der Waals surface area (Å²) in [6.07, 6.45) is 1.94. The molecule has 1 aliphatic heterocycles. The standard InChI is InChI=1S/C32H29F2N3O3/c1-19-7-6-9-22(13-19)17-35-18-37(36-12-11-28(38)30(39)29(36)31(35)40)32(24-10-5-4-8-20(24)2)21(3)14-23-15-26(33)27(34)16-25(23)32/h4-13,15-16,21,39H,14,17-18H2,1-3H3. The average Bonchev–Trinajstić information content (AvgIpc) is 3.19. The minimum Gasteiger partial charge on any atom is -0.502 e. The van der Waals surface area contributed by atoms with Crippen LogP contribution in [0.3, 0.4) is 0 Å². The molecule has 6 nitrogen and oxygen atoms in total. The Morgan fingerprint density at radius 2 is 1.70 bits per heavy atom. The van der Waals surface area contributed by atoms with Crippen LogP contribution in [-0.4, -0.2) is 27.3 Å². The summed E-state index contributed by atoms with van der Waals surface area (Å²) in [5.74, 6) is -3.22. The van der Waals surface area contributed by atoms with E-state index < -0.39 is 34.3 Å². The second kappa shape index (κ2) is 9.33. The number of hydrogen-bond acceptors (Lipinski definition) is 4. The lowest BCUT2D eigenvalue weighted by Gasteiger charge is -2.52. The predicted molar refractivity (Wildman–Crippen MR) is 148 cm³/mol. The number of aromatic hydroxyl groups is 1. The van der Waals surface area contributed by atoms with E-state index in [-0.39, 0.29) is 24.8 Å². The molecule has 1 amide bonds. The maximum atomic E-state index is 15.0. The van der Waals surface area contributed by atoms with Crippen LogP contribution in [0, 0.1) is 31.4 Å². The van der Waals surface area contributed by atoms with E-state index >= 15 is 0 Å². The van der Waals surface area contributed by atoms with Gasteiger partial charge in [-0.25, -0.2) is 8.78 Å². The first kappa shape index (κ1) is 25.8. The van der Waals surface area contributed by atoms with E-state index in [0.29, 0.717) is 17.5 Å². The first-order chi connectivity index (χ1) is 19.1. The van der Waals surface area contributed by atoms with Crippen molar-refractivity contribution in [3.63, 3.8) is 0 Å². The second-order valence-electron chi connectivity index (χ2n) is 10.9. The lowest BCUT2D eigenvalue weighted by molar-refractivity contribution is 0.0628. The molecule has 8 heteroatoms. The van der Waals surface area contributed by atoms with Crippen LogP contribution in [0.15, 0.2) is 77.7 Å². The molecule has 0 radical (unpaired) electrons. The molecule has 40 heavy (non-hydrogen) atoms. The Bertz CT molecular complexity index is 1730. The normalized spacial score (nSPS) is 20.0. The van der Waals surface area contributed by atoms with Crippen molar-refractivity contribution in [2.24, 2.45) is 5.92 Å². The molecule has 2 atom stereocenters. The number of rotatable bonds is 4. The van der Waals surface area contributed by atoms with Gasteiger partial charge >= 0.3 is 0 Å². The van der Waals surface area contributed by atoms with Crippen LogP contribution in [0.4, 0.5) is 8.78 Å². The molecule has 3 aromatic carbocycles. The molecule has 2 aliphatic rings. The predicted octanol–water partition coefficient (Wildman–Crippen LogP) is 5.14. The summed E-state index contributed by atoms with van der Waals surface area (Å²) < 4.78 is 31.0. The highest BCUT2D eigenvalue weighted by atomic mass is 19.2.